The van der Waals surface area contributed by atoms with Crippen LogP contribution in [0, 0.1) is 11.8 Å². The topological polar surface area (TPSA) is 29.5 Å². The van der Waals surface area contributed by atoms with E-state index in [0.717, 1.165) is 32.1 Å². The van der Waals surface area contributed by atoms with Crippen molar-refractivity contribution in [2.24, 2.45) is 0 Å². The average molecular weight is 236 g/mol. The molecule has 0 saturated carbocycles. The van der Waals surface area contributed by atoms with Crippen molar-refractivity contribution in [3.63, 3.8) is 0 Å². The summed E-state index contributed by atoms with van der Waals surface area (Å²) in [7, 11) is 0. The zero-order valence-electron chi connectivity index (χ0n) is 10.9. The highest BCUT2D eigenvalue weighted by Gasteiger charge is 2.43. The van der Waals surface area contributed by atoms with Crippen LogP contribution in [-0.2, 0) is 4.74 Å². The lowest BCUT2D eigenvalue weighted by Gasteiger charge is -2.35. The second kappa shape index (κ2) is 5.89. The Hall–Kier alpha value is -0.520. The molecule has 0 radical (unpaired) electrons. The van der Waals surface area contributed by atoms with Gasteiger partial charge in [-0.25, -0.2) is 0 Å². The molecule has 2 atom stereocenters. The Balaban J connectivity index is 1.74. The predicted molar refractivity (Wildman–Crippen MR) is 68.6 cm³/mol. The van der Waals surface area contributed by atoms with Gasteiger partial charge in [0.05, 0.1) is 17.8 Å². The fraction of sp³-hybridized carbons (Fsp3) is 0.867. The molecule has 96 valence electrons. The van der Waals surface area contributed by atoms with Crippen LogP contribution in [0.2, 0.25) is 0 Å². The number of rotatable bonds is 4. The first-order chi connectivity index (χ1) is 8.22. The quantitative estimate of drug-likeness (QED) is 0.600. The molecule has 0 aromatic carbocycles. The molecular formula is C15H24O2. The van der Waals surface area contributed by atoms with Gasteiger partial charge in [-0.1, -0.05) is 19.8 Å². The van der Waals surface area contributed by atoms with E-state index in [9.17, 15) is 5.11 Å². The van der Waals surface area contributed by atoms with Gasteiger partial charge in [0.2, 0.25) is 0 Å². The SMILES string of the molecule is CCCCCC#CCC1(O)CC2CCC(C1)O2. The minimum absolute atomic E-state index is 0.292. The molecule has 2 nitrogen and oxygen atoms in total. The Morgan fingerprint density at radius 3 is 2.53 bits per heavy atom. The molecule has 2 rings (SSSR count). The van der Waals surface area contributed by atoms with Gasteiger partial charge in [0.25, 0.3) is 0 Å². The number of hydrogen-bond donors (Lipinski definition) is 1. The van der Waals surface area contributed by atoms with Crippen LogP contribution in [0.25, 0.3) is 0 Å². The maximum Gasteiger partial charge on any atom is 0.0805 e. The zero-order chi connectivity index (χ0) is 12.1. The zero-order valence-corrected chi connectivity index (χ0v) is 10.9. The van der Waals surface area contributed by atoms with Crippen LogP contribution in [0.15, 0.2) is 0 Å². The summed E-state index contributed by atoms with van der Waals surface area (Å²) in [4.78, 5) is 0. The molecule has 2 heteroatoms. The van der Waals surface area contributed by atoms with Gasteiger partial charge in [-0.2, -0.15) is 0 Å². The Morgan fingerprint density at radius 1 is 1.18 bits per heavy atom. The van der Waals surface area contributed by atoms with E-state index in [0.29, 0.717) is 18.6 Å². The van der Waals surface area contributed by atoms with Crippen molar-refractivity contribution in [3.8, 4) is 11.8 Å². The molecule has 0 amide bonds. The fourth-order valence-electron chi connectivity index (χ4n) is 2.93. The van der Waals surface area contributed by atoms with Crippen LogP contribution in [-0.4, -0.2) is 22.9 Å². The number of aliphatic hydroxyl groups is 1. The maximum absolute atomic E-state index is 10.5. The van der Waals surface area contributed by atoms with E-state index in [4.69, 9.17) is 4.74 Å². The first-order valence-electron chi connectivity index (χ1n) is 7.05. The molecule has 2 aliphatic rings. The first kappa shape index (κ1) is 12.9. The number of hydrogen-bond acceptors (Lipinski definition) is 2. The van der Waals surface area contributed by atoms with Crippen LogP contribution in [0.1, 0.15) is 64.7 Å². The molecular weight excluding hydrogens is 212 g/mol. The molecule has 2 heterocycles. The van der Waals surface area contributed by atoms with E-state index in [1.54, 1.807) is 0 Å². The smallest absolute Gasteiger partial charge is 0.0805 e. The maximum atomic E-state index is 10.5. The molecule has 2 fully saturated rings. The summed E-state index contributed by atoms with van der Waals surface area (Å²) in [5.41, 5.74) is -0.568. The standard InChI is InChI=1S/C15H24O2/c1-2-3-4-5-6-7-10-15(16)11-13-8-9-14(12-15)17-13/h13-14,16H,2-5,8-12H2,1H3. The summed E-state index contributed by atoms with van der Waals surface area (Å²) in [6.07, 6.45) is 9.71. The van der Waals surface area contributed by atoms with E-state index < -0.39 is 5.60 Å². The van der Waals surface area contributed by atoms with E-state index >= 15 is 0 Å². The molecule has 0 aromatic rings. The summed E-state index contributed by atoms with van der Waals surface area (Å²) in [6, 6.07) is 0. The summed E-state index contributed by atoms with van der Waals surface area (Å²) < 4.78 is 5.74. The van der Waals surface area contributed by atoms with E-state index in [1.807, 2.05) is 0 Å². The molecule has 2 bridgehead atoms. The molecule has 2 aliphatic heterocycles. The predicted octanol–water partition coefficient (Wildman–Crippen LogP) is 3.03. The molecule has 2 unspecified atom stereocenters. The average Bonchev–Trinajstić information content (AvgIpc) is 2.64. The largest absolute Gasteiger partial charge is 0.389 e. The third-order valence-corrected chi connectivity index (χ3v) is 3.86. The van der Waals surface area contributed by atoms with E-state index in [1.165, 1.54) is 19.3 Å². The van der Waals surface area contributed by atoms with Gasteiger partial charge < -0.3 is 9.84 Å². The molecule has 2 saturated heterocycles. The minimum Gasteiger partial charge on any atom is -0.389 e. The summed E-state index contributed by atoms with van der Waals surface area (Å²) in [5.74, 6) is 6.36. The number of unbranched alkanes of at least 4 members (excludes halogenated alkanes) is 3. The van der Waals surface area contributed by atoms with Crippen LogP contribution in [0.3, 0.4) is 0 Å². The van der Waals surface area contributed by atoms with Crippen LogP contribution >= 0.6 is 0 Å². The fourth-order valence-corrected chi connectivity index (χ4v) is 2.93. The summed E-state index contributed by atoms with van der Waals surface area (Å²) >= 11 is 0. The Morgan fingerprint density at radius 2 is 1.88 bits per heavy atom. The molecule has 0 aromatic heterocycles. The molecule has 0 aliphatic carbocycles. The van der Waals surface area contributed by atoms with Crippen molar-refractivity contribution in [2.45, 2.75) is 82.5 Å². The summed E-state index contributed by atoms with van der Waals surface area (Å²) in [5, 5.41) is 10.5. The molecule has 17 heavy (non-hydrogen) atoms. The van der Waals surface area contributed by atoms with Gasteiger partial charge in [-0.15, -0.1) is 11.8 Å². The van der Waals surface area contributed by atoms with E-state index in [2.05, 4.69) is 18.8 Å². The lowest BCUT2D eigenvalue weighted by atomic mass is 9.87. The second-order valence-electron chi connectivity index (χ2n) is 5.58. The Bertz CT molecular complexity index is 288. The van der Waals surface area contributed by atoms with Gasteiger partial charge in [-0.3, -0.25) is 0 Å². The normalized spacial score (nSPS) is 35.4. The Labute approximate surface area is 105 Å². The van der Waals surface area contributed by atoms with Crippen LogP contribution in [0.4, 0.5) is 0 Å². The number of ether oxygens (including phenoxy) is 1. The number of fused-ring (bicyclic) bond motifs is 2. The third kappa shape index (κ3) is 3.72. The van der Waals surface area contributed by atoms with Crippen molar-refractivity contribution in [3.05, 3.63) is 0 Å². The van der Waals surface area contributed by atoms with E-state index in [-0.39, 0.29) is 0 Å². The monoisotopic (exact) mass is 236 g/mol. The van der Waals surface area contributed by atoms with Crippen molar-refractivity contribution >= 4 is 0 Å². The van der Waals surface area contributed by atoms with Crippen molar-refractivity contribution < 1.29 is 9.84 Å². The molecule has 1 N–H and O–H groups in total. The van der Waals surface area contributed by atoms with Crippen LogP contribution < -0.4 is 0 Å². The van der Waals surface area contributed by atoms with Crippen LogP contribution in [0.5, 0.6) is 0 Å². The highest BCUT2D eigenvalue weighted by atomic mass is 16.5. The second-order valence-corrected chi connectivity index (χ2v) is 5.58. The van der Waals surface area contributed by atoms with Crippen molar-refractivity contribution in [1.29, 1.82) is 0 Å². The first-order valence-corrected chi connectivity index (χ1v) is 7.05. The van der Waals surface area contributed by atoms with Gasteiger partial charge in [0.15, 0.2) is 0 Å². The lowest BCUT2D eigenvalue weighted by Crippen LogP contribution is -2.40. The van der Waals surface area contributed by atoms with Crippen molar-refractivity contribution in [2.75, 3.05) is 0 Å². The molecule has 0 spiro atoms. The Kier molecular flexibility index (Phi) is 4.48. The van der Waals surface area contributed by atoms with Crippen molar-refractivity contribution in [1.82, 2.24) is 0 Å². The minimum atomic E-state index is -0.568. The lowest BCUT2D eigenvalue weighted by molar-refractivity contribution is -0.108. The highest BCUT2D eigenvalue weighted by Crippen LogP contribution is 2.39. The summed E-state index contributed by atoms with van der Waals surface area (Å²) in [6.45, 7) is 2.20. The van der Waals surface area contributed by atoms with Gasteiger partial charge in [0, 0.05) is 25.7 Å². The highest BCUT2D eigenvalue weighted by molar-refractivity contribution is 5.07. The third-order valence-electron chi connectivity index (χ3n) is 3.86. The van der Waals surface area contributed by atoms with Gasteiger partial charge in [0.1, 0.15) is 0 Å². The van der Waals surface area contributed by atoms with Gasteiger partial charge in [-0.05, 0) is 19.3 Å². The van der Waals surface area contributed by atoms with Gasteiger partial charge >= 0.3 is 0 Å².